The molecule has 0 atom stereocenters. The maximum atomic E-state index is 12.5. The third-order valence-corrected chi connectivity index (χ3v) is 2.44. The van der Waals surface area contributed by atoms with Crippen molar-refractivity contribution in [2.45, 2.75) is 6.18 Å². The summed E-state index contributed by atoms with van der Waals surface area (Å²) in [7, 11) is 3.95. The Morgan fingerprint density at radius 3 is 2.50 bits per heavy atom. The van der Waals surface area contributed by atoms with Crippen LogP contribution in [0.25, 0.3) is 0 Å². The number of ether oxygens (including phenoxy) is 1. The number of hydrogen-bond acceptors (Lipinski definition) is 3. The van der Waals surface area contributed by atoms with Crippen LogP contribution in [0.4, 0.5) is 13.2 Å². The summed E-state index contributed by atoms with van der Waals surface area (Å²) < 4.78 is 42.7. The fraction of sp³-hybridized carbons (Fsp3) is 0.538. The molecule has 0 amide bonds. The topological polar surface area (TPSA) is 24.5 Å². The first-order chi connectivity index (χ1) is 8.89. The SMILES string of the molecule is CN(C)CCNCCOc1cccc(C(F)(F)F)c1.Cl. The average Bonchev–Trinajstić information content (AvgIpc) is 2.32. The van der Waals surface area contributed by atoms with Gasteiger partial charge in [-0.15, -0.1) is 12.4 Å². The number of hydrogen-bond donors (Lipinski definition) is 1. The van der Waals surface area contributed by atoms with Gasteiger partial charge < -0.3 is 15.0 Å². The number of nitrogens with zero attached hydrogens (tertiary/aromatic N) is 1. The van der Waals surface area contributed by atoms with E-state index in [1.165, 1.54) is 12.1 Å². The largest absolute Gasteiger partial charge is 0.492 e. The molecule has 0 heterocycles. The van der Waals surface area contributed by atoms with Crippen molar-refractivity contribution in [1.29, 1.82) is 0 Å². The first-order valence-electron chi connectivity index (χ1n) is 6.05. The highest BCUT2D eigenvalue weighted by atomic mass is 35.5. The molecule has 1 rings (SSSR count). The number of benzene rings is 1. The van der Waals surface area contributed by atoms with E-state index in [-0.39, 0.29) is 18.2 Å². The van der Waals surface area contributed by atoms with Crippen LogP contribution in [0.5, 0.6) is 5.75 Å². The van der Waals surface area contributed by atoms with Crippen LogP contribution in [0.1, 0.15) is 5.56 Å². The van der Waals surface area contributed by atoms with E-state index in [4.69, 9.17) is 4.74 Å². The van der Waals surface area contributed by atoms with Gasteiger partial charge in [0.1, 0.15) is 12.4 Å². The van der Waals surface area contributed by atoms with Gasteiger partial charge >= 0.3 is 6.18 Å². The minimum absolute atomic E-state index is 0. The second kappa shape index (κ2) is 9.05. The molecule has 1 aromatic rings. The zero-order chi connectivity index (χ0) is 14.3. The Bertz CT molecular complexity index is 386. The van der Waals surface area contributed by atoms with Crippen molar-refractivity contribution in [1.82, 2.24) is 10.2 Å². The van der Waals surface area contributed by atoms with Gasteiger partial charge in [0.2, 0.25) is 0 Å². The van der Waals surface area contributed by atoms with E-state index in [1.807, 2.05) is 19.0 Å². The lowest BCUT2D eigenvalue weighted by molar-refractivity contribution is -0.137. The first-order valence-corrected chi connectivity index (χ1v) is 6.05. The van der Waals surface area contributed by atoms with Crippen LogP contribution in [-0.4, -0.2) is 45.2 Å². The number of halogens is 4. The lowest BCUT2D eigenvalue weighted by Crippen LogP contribution is -2.29. The highest BCUT2D eigenvalue weighted by Crippen LogP contribution is 2.31. The lowest BCUT2D eigenvalue weighted by Gasteiger charge is -2.12. The maximum absolute atomic E-state index is 12.5. The minimum atomic E-state index is -4.33. The van der Waals surface area contributed by atoms with Crippen LogP contribution in [0, 0.1) is 0 Å². The predicted octanol–water partition coefficient (Wildman–Crippen LogP) is 2.66. The molecule has 1 N–H and O–H groups in total. The quantitative estimate of drug-likeness (QED) is 0.783. The van der Waals surface area contributed by atoms with Crippen molar-refractivity contribution in [3.63, 3.8) is 0 Å². The summed E-state index contributed by atoms with van der Waals surface area (Å²) in [6.07, 6.45) is -4.33. The first kappa shape index (κ1) is 19.0. The standard InChI is InChI=1S/C13H19F3N2O.ClH/c1-18(2)8-6-17-7-9-19-12-5-3-4-11(10-12)13(14,15)16;/h3-5,10,17H,6-9H2,1-2H3;1H. The molecule has 0 aliphatic heterocycles. The third kappa shape index (κ3) is 7.57. The number of alkyl halides is 3. The Kier molecular flexibility index (Phi) is 8.60. The van der Waals surface area contributed by atoms with Crippen molar-refractivity contribution in [3.05, 3.63) is 29.8 Å². The van der Waals surface area contributed by atoms with Crippen molar-refractivity contribution in [3.8, 4) is 5.75 Å². The second-order valence-corrected chi connectivity index (χ2v) is 4.43. The molecule has 0 bridgehead atoms. The van der Waals surface area contributed by atoms with Crippen molar-refractivity contribution in [2.75, 3.05) is 40.3 Å². The van der Waals surface area contributed by atoms with Gasteiger partial charge in [0, 0.05) is 19.6 Å². The number of likely N-dealkylation sites (N-methyl/N-ethyl adjacent to an activating group) is 1. The Labute approximate surface area is 123 Å². The second-order valence-electron chi connectivity index (χ2n) is 4.43. The lowest BCUT2D eigenvalue weighted by atomic mass is 10.2. The zero-order valence-corrected chi connectivity index (χ0v) is 12.4. The molecule has 7 heteroatoms. The van der Waals surface area contributed by atoms with Gasteiger partial charge in [-0.25, -0.2) is 0 Å². The van der Waals surface area contributed by atoms with Gasteiger partial charge in [0.25, 0.3) is 0 Å². The summed E-state index contributed by atoms with van der Waals surface area (Å²) in [5.41, 5.74) is -0.689. The zero-order valence-electron chi connectivity index (χ0n) is 11.5. The molecular formula is C13H20ClF3N2O. The molecule has 0 aliphatic carbocycles. The van der Waals surface area contributed by atoms with E-state index < -0.39 is 11.7 Å². The number of rotatable bonds is 7. The van der Waals surface area contributed by atoms with Crippen molar-refractivity contribution in [2.24, 2.45) is 0 Å². The Hall–Kier alpha value is -0.980. The summed E-state index contributed by atoms with van der Waals surface area (Å²) in [5.74, 6) is 0.240. The summed E-state index contributed by atoms with van der Waals surface area (Å²) in [6, 6.07) is 4.91. The van der Waals surface area contributed by atoms with Crippen LogP contribution in [-0.2, 0) is 6.18 Å². The van der Waals surface area contributed by atoms with Gasteiger partial charge in [-0.2, -0.15) is 13.2 Å². The Balaban J connectivity index is 0.00000361. The molecule has 3 nitrogen and oxygen atoms in total. The molecule has 0 aromatic heterocycles. The van der Waals surface area contributed by atoms with E-state index in [2.05, 4.69) is 5.32 Å². The molecule has 0 spiro atoms. The average molecular weight is 313 g/mol. The summed E-state index contributed by atoms with van der Waals surface area (Å²) in [4.78, 5) is 2.04. The fourth-order valence-electron chi connectivity index (χ4n) is 1.43. The normalized spacial score (nSPS) is 11.3. The highest BCUT2D eigenvalue weighted by Gasteiger charge is 2.30. The molecule has 0 radical (unpaired) electrons. The van der Waals surface area contributed by atoms with Crippen LogP contribution >= 0.6 is 12.4 Å². The molecular weight excluding hydrogens is 293 g/mol. The molecule has 0 aliphatic rings. The molecule has 0 fully saturated rings. The molecule has 1 aromatic carbocycles. The highest BCUT2D eigenvalue weighted by molar-refractivity contribution is 5.85. The summed E-state index contributed by atoms with van der Waals surface area (Å²) in [5, 5.41) is 3.14. The van der Waals surface area contributed by atoms with Gasteiger partial charge in [0.05, 0.1) is 5.56 Å². The van der Waals surface area contributed by atoms with Gasteiger partial charge in [0.15, 0.2) is 0 Å². The van der Waals surface area contributed by atoms with E-state index >= 15 is 0 Å². The van der Waals surface area contributed by atoms with Gasteiger partial charge in [-0.1, -0.05) is 6.07 Å². The molecule has 0 saturated heterocycles. The molecule has 0 saturated carbocycles. The maximum Gasteiger partial charge on any atom is 0.416 e. The van der Waals surface area contributed by atoms with E-state index in [0.717, 1.165) is 25.2 Å². The van der Waals surface area contributed by atoms with Gasteiger partial charge in [-0.3, -0.25) is 0 Å². The minimum Gasteiger partial charge on any atom is -0.492 e. The van der Waals surface area contributed by atoms with Crippen LogP contribution in [0.2, 0.25) is 0 Å². The van der Waals surface area contributed by atoms with E-state index in [0.29, 0.717) is 13.2 Å². The van der Waals surface area contributed by atoms with Crippen LogP contribution in [0.3, 0.4) is 0 Å². The predicted molar refractivity (Wildman–Crippen MR) is 75.6 cm³/mol. The Morgan fingerprint density at radius 2 is 1.90 bits per heavy atom. The molecule has 116 valence electrons. The van der Waals surface area contributed by atoms with Crippen molar-refractivity contribution < 1.29 is 17.9 Å². The summed E-state index contributed by atoms with van der Waals surface area (Å²) >= 11 is 0. The van der Waals surface area contributed by atoms with E-state index in [1.54, 1.807) is 0 Å². The third-order valence-electron chi connectivity index (χ3n) is 2.44. The van der Waals surface area contributed by atoms with Crippen molar-refractivity contribution >= 4 is 12.4 Å². The number of nitrogens with one attached hydrogen (secondary N) is 1. The molecule has 0 unspecified atom stereocenters. The summed E-state index contributed by atoms with van der Waals surface area (Å²) in [6.45, 7) is 2.67. The van der Waals surface area contributed by atoms with Gasteiger partial charge in [-0.05, 0) is 32.3 Å². The fourth-order valence-corrected chi connectivity index (χ4v) is 1.43. The van der Waals surface area contributed by atoms with E-state index in [9.17, 15) is 13.2 Å². The monoisotopic (exact) mass is 312 g/mol. The van der Waals surface area contributed by atoms with Crippen LogP contribution in [0.15, 0.2) is 24.3 Å². The van der Waals surface area contributed by atoms with Crippen LogP contribution < -0.4 is 10.1 Å². The smallest absolute Gasteiger partial charge is 0.416 e. The molecule has 20 heavy (non-hydrogen) atoms. The Morgan fingerprint density at radius 1 is 1.20 bits per heavy atom.